The highest BCUT2D eigenvalue weighted by molar-refractivity contribution is 9.10. The van der Waals surface area contributed by atoms with Crippen LogP contribution >= 0.6 is 15.9 Å². The molecule has 1 aliphatic rings. The highest BCUT2D eigenvalue weighted by Gasteiger charge is 2.28. The van der Waals surface area contributed by atoms with Crippen molar-refractivity contribution in [2.24, 2.45) is 0 Å². The van der Waals surface area contributed by atoms with Gasteiger partial charge in [0.1, 0.15) is 16.7 Å². The monoisotopic (exact) mass is 284 g/mol. The van der Waals surface area contributed by atoms with E-state index < -0.39 is 0 Å². The average Bonchev–Trinajstić information content (AvgIpc) is 3.09. The third-order valence-electron chi connectivity index (χ3n) is 3.03. The Bertz CT molecular complexity index is 354. The predicted molar refractivity (Wildman–Crippen MR) is 68.5 cm³/mol. The molecule has 0 radical (unpaired) electrons. The molecule has 1 aliphatic carbocycles. The molecule has 1 fully saturated rings. The van der Waals surface area contributed by atoms with Gasteiger partial charge in [0, 0.05) is 24.7 Å². The molecule has 1 unspecified atom stereocenters. The third-order valence-corrected chi connectivity index (χ3v) is 3.46. The summed E-state index contributed by atoms with van der Waals surface area (Å²) in [5, 5.41) is 3.33. The fraction of sp³-hybridized carbons (Fsp3) is 0.636. The number of rotatable bonds is 5. The molecule has 0 bridgehead atoms. The molecule has 1 saturated carbocycles. The zero-order valence-electron chi connectivity index (χ0n) is 9.65. The van der Waals surface area contributed by atoms with Crippen molar-refractivity contribution in [3.8, 4) is 0 Å². The largest absolute Gasteiger partial charge is 0.368 e. The van der Waals surface area contributed by atoms with E-state index in [0.717, 1.165) is 23.0 Å². The second-order valence-electron chi connectivity index (χ2n) is 4.35. The Morgan fingerprint density at radius 2 is 2.31 bits per heavy atom. The van der Waals surface area contributed by atoms with Crippen LogP contribution in [0.5, 0.6) is 0 Å². The van der Waals surface area contributed by atoms with Crippen LogP contribution in [0.15, 0.2) is 17.0 Å². The molecule has 2 rings (SSSR count). The molecule has 1 N–H and O–H groups in total. The minimum absolute atomic E-state index is 0.529. The van der Waals surface area contributed by atoms with Gasteiger partial charge in [-0.15, -0.1) is 0 Å². The van der Waals surface area contributed by atoms with Gasteiger partial charge in [-0.2, -0.15) is 0 Å². The maximum atomic E-state index is 4.16. The molecule has 5 heteroatoms. The van der Waals surface area contributed by atoms with Crippen molar-refractivity contribution in [1.29, 1.82) is 0 Å². The van der Waals surface area contributed by atoms with Gasteiger partial charge in [0.2, 0.25) is 0 Å². The lowest BCUT2D eigenvalue weighted by Crippen LogP contribution is -2.36. The van der Waals surface area contributed by atoms with Crippen LogP contribution in [0.4, 0.5) is 5.82 Å². The summed E-state index contributed by atoms with van der Waals surface area (Å²) in [6.07, 6.45) is 4.25. The molecule has 88 valence electrons. The van der Waals surface area contributed by atoms with Crippen molar-refractivity contribution >= 4 is 21.7 Å². The van der Waals surface area contributed by atoms with Crippen molar-refractivity contribution in [3.05, 3.63) is 17.0 Å². The maximum Gasteiger partial charge on any atom is 0.130 e. The zero-order valence-corrected chi connectivity index (χ0v) is 11.2. The maximum absolute atomic E-state index is 4.16. The van der Waals surface area contributed by atoms with E-state index in [1.807, 2.05) is 6.07 Å². The Balaban J connectivity index is 1.82. The summed E-state index contributed by atoms with van der Waals surface area (Å²) in [6.45, 7) is 3.15. The van der Waals surface area contributed by atoms with Gasteiger partial charge in [0.25, 0.3) is 0 Å². The Morgan fingerprint density at radius 3 is 2.94 bits per heavy atom. The van der Waals surface area contributed by atoms with Gasteiger partial charge in [0.05, 0.1) is 0 Å². The molecular weight excluding hydrogens is 268 g/mol. The number of likely N-dealkylation sites (N-methyl/N-ethyl adjacent to an activating group) is 1. The van der Waals surface area contributed by atoms with Crippen LogP contribution in [0, 0.1) is 0 Å². The number of nitrogens with one attached hydrogen (secondary N) is 1. The Hall–Kier alpha value is -0.680. The molecular formula is C11H17BrN4. The Labute approximate surface area is 105 Å². The van der Waals surface area contributed by atoms with Crippen molar-refractivity contribution in [2.45, 2.75) is 31.8 Å². The van der Waals surface area contributed by atoms with Crippen LogP contribution in [0.1, 0.15) is 19.8 Å². The van der Waals surface area contributed by atoms with Crippen molar-refractivity contribution in [2.75, 3.05) is 18.9 Å². The molecule has 0 saturated heterocycles. The summed E-state index contributed by atoms with van der Waals surface area (Å²) in [5.41, 5.74) is 0. The molecule has 0 aliphatic heterocycles. The van der Waals surface area contributed by atoms with E-state index >= 15 is 0 Å². The number of aromatic nitrogens is 2. The van der Waals surface area contributed by atoms with Gasteiger partial charge in [-0.3, -0.25) is 4.90 Å². The van der Waals surface area contributed by atoms with Crippen LogP contribution in [0.2, 0.25) is 0 Å². The first-order valence-electron chi connectivity index (χ1n) is 5.60. The van der Waals surface area contributed by atoms with Crippen molar-refractivity contribution < 1.29 is 0 Å². The van der Waals surface area contributed by atoms with E-state index in [0.29, 0.717) is 6.04 Å². The van der Waals surface area contributed by atoms with E-state index in [-0.39, 0.29) is 0 Å². The number of halogens is 1. The molecule has 1 aromatic heterocycles. The van der Waals surface area contributed by atoms with Crippen LogP contribution in [-0.4, -0.2) is 40.5 Å². The molecule has 0 amide bonds. The van der Waals surface area contributed by atoms with Gasteiger partial charge in [-0.05, 0) is 42.7 Å². The van der Waals surface area contributed by atoms with E-state index in [2.05, 4.69) is 50.1 Å². The molecule has 0 aromatic carbocycles. The van der Waals surface area contributed by atoms with E-state index in [1.165, 1.54) is 12.8 Å². The molecule has 1 atom stereocenters. The SMILES string of the molecule is CC(CNc1cc(Br)ncn1)N(C)C1CC1. The summed E-state index contributed by atoms with van der Waals surface area (Å²) in [5.74, 6) is 0.873. The normalized spacial score (nSPS) is 17.5. The smallest absolute Gasteiger partial charge is 0.130 e. The molecule has 1 aromatic rings. The first-order valence-corrected chi connectivity index (χ1v) is 6.39. The van der Waals surface area contributed by atoms with Crippen LogP contribution in [-0.2, 0) is 0 Å². The van der Waals surface area contributed by atoms with Crippen LogP contribution in [0.3, 0.4) is 0 Å². The Kier molecular flexibility index (Phi) is 3.76. The van der Waals surface area contributed by atoms with E-state index in [1.54, 1.807) is 6.33 Å². The van der Waals surface area contributed by atoms with Gasteiger partial charge in [-0.25, -0.2) is 9.97 Å². The lowest BCUT2D eigenvalue weighted by molar-refractivity contribution is 0.257. The average molecular weight is 285 g/mol. The summed E-state index contributed by atoms with van der Waals surface area (Å²) < 4.78 is 0.813. The fourth-order valence-corrected chi connectivity index (χ4v) is 1.98. The zero-order chi connectivity index (χ0) is 11.5. The first-order chi connectivity index (χ1) is 7.66. The summed E-state index contributed by atoms with van der Waals surface area (Å²) in [4.78, 5) is 10.6. The summed E-state index contributed by atoms with van der Waals surface area (Å²) in [6, 6.07) is 3.22. The quantitative estimate of drug-likeness (QED) is 0.841. The van der Waals surface area contributed by atoms with Gasteiger partial charge in [-0.1, -0.05) is 0 Å². The Morgan fingerprint density at radius 1 is 1.56 bits per heavy atom. The highest BCUT2D eigenvalue weighted by Crippen LogP contribution is 2.26. The summed E-state index contributed by atoms with van der Waals surface area (Å²) >= 11 is 3.33. The third kappa shape index (κ3) is 3.15. The van der Waals surface area contributed by atoms with E-state index in [4.69, 9.17) is 0 Å². The molecule has 0 spiro atoms. The standard InChI is InChI=1S/C11H17BrN4/c1-8(16(2)9-3-4-9)6-13-11-5-10(12)14-7-15-11/h5,7-9H,3-4,6H2,1-2H3,(H,13,14,15). The van der Waals surface area contributed by atoms with Crippen molar-refractivity contribution in [3.63, 3.8) is 0 Å². The molecule has 16 heavy (non-hydrogen) atoms. The second-order valence-corrected chi connectivity index (χ2v) is 5.17. The number of hydrogen-bond acceptors (Lipinski definition) is 4. The molecule has 1 heterocycles. The second kappa shape index (κ2) is 5.10. The highest BCUT2D eigenvalue weighted by atomic mass is 79.9. The van der Waals surface area contributed by atoms with Gasteiger partial charge < -0.3 is 5.32 Å². The minimum Gasteiger partial charge on any atom is -0.368 e. The predicted octanol–water partition coefficient (Wildman–Crippen LogP) is 2.13. The van der Waals surface area contributed by atoms with Crippen molar-refractivity contribution in [1.82, 2.24) is 14.9 Å². The summed E-state index contributed by atoms with van der Waals surface area (Å²) in [7, 11) is 2.19. The number of anilines is 1. The van der Waals surface area contributed by atoms with Crippen LogP contribution < -0.4 is 5.32 Å². The lowest BCUT2D eigenvalue weighted by Gasteiger charge is -2.24. The minimum atomic E-state index is 0.529. The van der Waals surface area contributed by atoms with E-state index in [9.17, 15) is 0 Å². The lowest BCUT2D eigenvalue weighted by atomic mass is 10.3. The number of nitrogens with zero attached hydrogens (tertiary/aromatic N) is 3. The van der Waals surface area contributed by atoms with Gasteiger partial charge in [0.15, 0.2) is 0 Å². The number of hydrogen-bond donors (Lipinski definition) is 1. The first kappa shape index (κ1) is 11.8. The topological polar surface area (TPSA) is 41.1 Å². The fourth-order valence-electron chi connectivity index (χ4n) is 1.67. The van der Waals surface area contributed by atoms with Crippen LogP contribution in [0.25, 0.3) is 0 Å². The molecule has 4 nitrogen and oxygen atoms in total. The van der Waals surface area contributed by atoms with Gasteiger partial charge >= 0.3 is 0 Å².